The van der Waals surface area contributed by atoms with Crippen LogP contribution in [-0.2, 0) is 6.54 Å². The number of rotatable bonds is 2. The van der Waals surface area contributed by atoms with Crippen molar-refractivity contribution in [2.45, 2.75) is 13.5 Å². The van der Waals surface area contributed by atoms with Crippen molar-refractivity contribution in [2.75, 3.05) is 5.73 Å². The molecule has 0 unspecified atom stereocenters. The van der Waals surface area contributed by atoms with Crippen molar-refractivity contribution in [1.82, 2.24) is 14.5 Å². The lowest BCUT2D eigenvalue weighted by molar-refractivity contribution is 0.586. The minimum absolute atomic E-state index is 0.179. The lowest BCUT2D eigenvalue weighted by Gasteiger charge is -1.99. The molecule has 0 aliphatic heterocycles. The molecule has 0 aliphatic rings. The number of hydrogen-bond acceptors (Lipinski definition) is 4. The molecule has 0 amide bonds. The summed E-state index contributed by atoms with van der Waals surface area (Å²) in [5, 5.41) is 0. The molecule has 5 nitrogen and oxygen atoms in total. The molecule has 0 saturated carbocycles. The summed E-state index contributed by atoms with van der Waals surface area (Å²) in [4.78, 5) is 7.83. The molecule has 0 radical (unpaired) electrons. The van der Waals surface area contributed by atoms with Gasteiger partial charge in [0.1, 0.15) is 5.69 Å². The maximum absolute atomic E-state index is 5.37. The summed E-state index contributed by atoms with van der Waals surface area (Å²) in [5.74, 6) is 0.650. The van der Waals surface area contributed by atoms with Gasteiger partial charge in [-0.1, -0.05) is 0 Å². The van der Waals surface area contributed by atoms with Crippen LogP contribution in [0.3, 0.4) is 0 Å². The Hall–Kier alpha value is -1.78. The molecule has 0 fully saturated rings. The smallest absolute Gasteiger partial charge is 0.292 e. The van der Waals surface area contributed by atoms with Crippen LogP contribution in [0.1, 0.15) is 6.92 Å². The second kappa shape index (κ2) is 2.93. The maximum atomic E-state index is 5.37. The maximum Gasteiger partial charge on any atom is 0.292 e. The number of aryl methyl sites for hydroxylation is 1. The fourth-order valence-corrected chi connectivity index (χ4v) is 1.18. The number of nitrogens with two attached hydrogens (primary N) is 1. The average molecular weight is 178 g/mol. The molecule has 0 aromatic carbocycles. The van der Waals surface area contributed by atoms with Gasteiger partial charge in [0, 0.05) is 6.54 Å². The van der Waals surface area contributed by atoms with Crippen molar-refractivity contribution in [2.24, 2.45) is 0 Å². The zero-order valence-corrected chi connectivity index (χ0v) is 7.27. The Labute approximate surface area is 75.2 Å². The van der Waals surface area contributed by atoms with E-state index in [0.717, 1.165) is 12.2 Å². The molecule has 0 saturated heterocycles. The normalized spacial score (nSPS) is 10.5. The Kier molecular flexibility index (Phi) is 1.77. The topological polar surface area (TPSA) is 69.9 Å². The van der Waals surface area contributed by atoms with E-state index in [9.17, 15) is 0 Å². The Morgan fingerprint density at radius 1 is 1.54 bits per heavy atom. The van der Waals surface area contributed by atoms with Crippen LogP contribution in [0, 0.1) is 0 Å². The second-order valence-corrected chi connectivity index (χ2v) is 2.63. The number of hydrogen-bond donors (Lipinski definition) is 1. The van der Waals surface area contributed by atoms with E-state index in [0.29, 0.717) is 5.76 Å². The van der Waals surface area contributed by atoms with Gasteiger partial charge in [-0.2, -0.15) is 0 Å². The van der Waals surface area contributed by atoms with E-state index in [2.05, 4.69) is 9.97 Å². The summed E-state index contributed by atoms with van der Waals surface area (Å²) in [6.45, 7) is 2.88. The van der Waals surface area contributed by atoms with E-state index in [4.69, 9.17) is 10.2 Å². The van der Waals surface area contributed by atoms with Gasteiger partial charge < -0.3 is 14.7 Å². The van der Waals surface area contributed by atoms with Crippen LogP contribution in [0.5, 0.6) is 0 Å². The predicted octanol–water partition coefficient (Wildman–Crippen LogP) is 1.14. The quantitative estimate of drug-likeness (QED) is 0.748. The summed E-state index contributed by atoms with van der Waals surface area (Å²) < 4.78 is 7.13. The molecule has 0 bridgehead atoms. The highest BCUT2D eigenvalue weighted by molar-refractivity contribution is 5.51. The van der Waals surface area contributed by atoms with Gasteiger partial charge in [-0.05, 0) is 6.92 Å². The Bertz CT molecular complexity index is 404. The Morgan fingerprint density at radius 2 is 2.38 bits per heavy atom. The van der Waals surface area contributed by atoms with Gasteiger partial charge in [0.2, 0.25) is 0 Å². The first-order valence-corrected chi connectivity index (χ1v) is 4.03. The van der Waals surface area contributed by atoms with Crippen molar-refractivity contribution in [1.29, 1.82) is 0 Å². The molecule has 2 N–H and O–H groups in total. The van der Waals surface area contributed by atoms with Crippen molar-refractivity contribution in [3.05, 3.63) is 18.7 Å². The third kappa shape index (κ3) is 1.28. The molecule has 5 heteroatoms. The number of nitrogens with zero attached hydrogens (tertiary/aromatic N) is 3. The molecule has 2 aromatic heterocycles. The van der Waals surface area contributed by atoms with Gasteiger partial charge in [0.15, 0.2) is 5.76 Å². The van der Waals surface area contributed by atoms with E-state index < -0.39 is 0 Å². The van der Waals surface area contributed by atoms with Crippen LogP contribution in [0.15, 0.2) is 23.1 Å². The number of aromatic nitrogens is 3. The van der Waals surface area contributed by atoms with Gasteiger partial charge in [-0.15, -0.1) is 0 Å². The van der Waals surface area contributed by atoms with Gasteiger partial charge >= 0.3 is 0 Å². The lowest BCUT2D eigenvalue weighted by Crippen LogP contribution is -1.93. The Morgan fingerprint density at radius 3 is 3.00 bits per heavy atom. The van der Waals surface area contributed by atoms with Gasteiger partial charge in [-0.25, -0.2) is 9.97 Å². The first-order chi connectivity index (χ1) is 6.31. The predicted molar refractivity (Wildman–Crippen MR) is 47.8 cm³/mol. The minimum Gasteiger partial charge on any atom is -0.422 e. The molecule has 0 atom stereocenters. The van der Waals surface area contributed by atoms with Gasteiger partial charge in [0.05, 0.1) is 18.7 Å². The van der Waals surface area contributed by atoms with Crippen LogP contribution in [-0.4, -0.2) is 14.5 Å². The highest BCUT2D eigenvalue weighted by atomic mass is 16.4. The van der Waals surface area contributed by atoms with E-state index >= 15 is 0 Å². The largest absolute Gasteiger partial charge is 0.422 e. The molecule has 2 aromatic rings. The summed E-state index contributed by atoms with van der Waals surface area (Å²) in [7, 11) is 0. The van der Waals surface area contributed by atoms with E-state index in [1.165, 1.54) is 0 Å². The summed E-state index contributed by atoms with van der Waals surface area (Å²) >= 11 is 0. The SMILES string of the molecule is CCn1cncc1-c1cnc(N)o1. The lowest BCUT2D eigenvalue weighted by atomic mass is 10.4. The molecular weight excluding hydrogens is 168 g/mol. The van der Waals surface area contributed by atoms with E-state index in [1.807, 2.05) is 11.5 Å². The van der Waals surface area contributed by atoms with Crippen LogP contribution in [0.2, 0.25) is 0 Å². The second-order valence-electron chi connectivity index (χ2n) is 2.63. The minimum atomic E-state index is 0.179. The first kappa shape index (κ1) is 7.85. The molecule has 0 spiro atoms. The van der Waals surface area contributed by atoms with Gasteiger partial charge in [0.25, 0.3) is 6.01 Å². The van der Waals surface area contributed by atoms with Crippen molar-refractivity contribution >= 4 is 6.01 Å². The molecular formula is C8H10N4O. The van der Waals surface area contributed by atoms with Gasteiger partial charge in [-0.3, -0.25) is 0 Å². The fourth-order valence-electron chi connectivity index (χ4n) is 1.18. The molecule has 68 valence electrons. The van der Waals surface area contributed by atoms with E-state index in [1.54, 1.807) is 18.7 Å². The summed E-state index contributed by atoms with van der Waals surface area (Å²) in [6, 6.07) is 0.179. The standard InChI is InChI=1S/C8H10N4O/c1-2-12-5-10-3-6(12)7-4-11-8(9)13-7/h3-5H,2H2,1H3,(H2,9,11). The highest BCUT2D eigenvalue weighted by Gasteiger charge is 2.08. The van der Waals surface area contributed by atoms with Crippen molar-refractivity contribution < 1.29 is 4.42 Å². The molecule has 0 aliphatic carbocycles. The molecule has 2 heterocycles. The van der Waals surface area contributed by atoms with Crippen LogP contribution < -0.4 is 5.73 Å². The van der Waals surface area contributed by atoms with Crippen LogP contribution >= 0.6 is 0 Å². The molecule has 2 rings (SSSR count). The van der Waals surface area contributed by atoms with Crippen LogP contribution in [0.4, 0.5) is 6.01 Å². The number of oxazole rings is 1. The summed E-state index contributed by atoms with van der Waals surface area (Å²) in [5.41, 5.74) is 6.26. The number of anilines is 1. The van der Waals surface area contributed by atoms with E-state index in [-0.39, 0.29) is 6.01 Å². The Balaban J connectivity index is 2.45. The highest BCUT2D eigenvalue weighted by Crippen LogP contribution is 2.20. The first-order valence-electron chi connectivity index (χ1n) is 4.03. The van der Waals surface area contributed by atoms with Crippen molar-refractivity contribution in [3.8, 4) is 11.5 Å². The third-order valence-corrected chi connectivity index (χ3v) is 1.83. The average Bonchev–Trinajstić information content (AvgIpc) is 2.71. The zero-order chi connectivity index (χ0) is 9.26. The third-order valence-electron chi connectivity index (χ3n) is 1.83. The van der Waals surface area contributed by atoms with Crippen molar-refractivity contribution in [3.63, 3.8) is 0 Å². The monoisotopic (exact) mass is 178 g/mol. The van der Waals surface area contributed by atoms with Crippen LogP contribution in [0.25, 0.3) is 11.5 Å². The molecule has 13 heavy (non-hydrogen) atoms. The number of imidazole rings is 1. The fraction of sp³-hybridized carbons (Fsp3) is 0.250. The number of nitrogen functional groups attached to an aromatic ring is 1. The zero-order valence-electron chi connectivity index (χ0n) is 7.27. The summed E-state index contributed by atoms with van der Waals surface area (Å²) in [6.07, 6.45) is 5.07.